The van der Waals surface area contributed by atoms with Crippen molar-refractivity contribution in [1.29, 1.82) is 0 Å². The monoisotopic (exact) mass is 580 g/mol. The van der Waals surface area contributed by atoms with E-state index in [1.165, 1.54) is 23.5 Å². The number of halogens is 2. The highest BCUT2D eigenvalue weighted by molar-refractivity contribution is 9.10. The van der Waals surface area contributed by atoms with Gasteiger partial charge in [-0.3, -0.25) is 24.0 Å². The minimum absolute atomic E-state index is 0.0407. The Morgan fingerprint density at radius 3 is 2.51 bits per heavy atom. The first-order valence-corrected chi connectivity index (χ1v) is 13.3. The van der Waals surface area contributed by atoms with Gasteiger partial charge in [0.2, 0.25) is 0 Å². The van der Waals surface area contributed by atoms with E-state index in [1.807, 2.05) is 17.0 Å². The number of rotatable bonds is 8. The summed E-state index contributed by atoms with van der Waals surface area (Å²) in [7, 11) is 0. The second kappa shape index (κ2) is 10.4. The van der Waals surface area contributed by atoms with Gasteiger partial charge in [-0.25, -0.2) is 4.39 Å². The molecule has 1 aliphatic rings. The number of hydrogen-bond donors (Lipinski definition) is 1. The minimum Gasteiger partial charge on any atom is -0.346 e. The van der Waals surface area contributed by atoms with Gasteiger partial charge < -0.3 is 5.32 Å². The van der Waals surface area contributed by atoms with Crippen molar-refractivity contribution in [1.82, 2.24) is 20.0 Å². The SMILES string of the molecule is CCn1ncc(Br)c1-c1csc(C(=O)N[C@@H](Cc2cccc(F)c2)CN2C(=O)c3ccccc3C2=O)c1. The number of amides is 3. The van der Waals surface area contributed by atoms with E-state index in [0.717, 1.165) is 20.6 Å². The fourth-order valence-electron chi connectivity index (χ4n) is 4.46. The van der Waals surface area contributed by atoms with Crippen LogP contribution in [0.3, 0.4) is 0 Å². The number of hydrogen-bond acceptors (Lipinski definition) is 5. The van der Waals surface area contributed by atoms with E-state index < -0.39 is 23.7 Å². The highest BCUT2D eigenvalue weighted by atomic mass is 79.9. The molecule has 3 heterocycles. The van der Waals surface area contributed by atoms with E-state index in [4.69, 9.17) is 0 Å². The number of benzene rings is 2. The molecule has 7 nitrogen and oxygen atoms in total. The van der Waals surface area contributed by atoms with Crippen LogP contribution in [0.1, 0.15) is 42.9 Å². The topological polar surface area (TPSA) is 84.3 Å². The molecule has 2 aromatic heterocycles. The molecule has 1 aliphatic heterocycles. The van der Waals surface area contributed by atoms with Gasteiger partial charge >= 0.3 is 0 Å². The third-order valence-corrected chi connectivity index (χ3v) is 7.69. The summed E-state index contributed by atoms with van der Waals surface area (Å²) in [6, 6.07) is 13.9. The molecule has 0 bridgehead atoms. The van der Waals surface area contributed by atoms with Gasteiger partial charge in [0.15, 0.2) is 0 Å². The van der Waals surface area contributed by atoms with Crippen LogP contribution in [-0.2, 0) is 13.0 Å². The zero-order valence-electron chi connectivity index (χ0n) is 19.8. The molecule has 0 spiro atoms. The standard InChI is InChI=1S/C27H22BrFN4O3S/c1-2-33-24(22(28)13-30-33)17-12-23(37-15-17)25(34)31-19(11-16-6-5-7-18(29)10-16)14-32-26(35)20-8-3-4-9-21(20)27(32)36/h3-10,12-13,15,19H,2,11,14H2,1H3,(H,31,34)/t19-/m0/s1. The molecule has 0 saturated carbocycles. The first kappa shape index (κ1) is 25.0. The number of imide groups is 1. The molecule has 3 amide bonds. The average Bonchev–Trinajstić information content (AvgIpc) is 3.57. The van der Waals surface area contributed by atoms with Crippen molar-refractivity contribution >= 4 is 45.0 Å². The Hall–Kier alpha value is -3.63. The van der Waals surface area contributed by atoms with E-state index in [1.54, 1.807) is 48.7 Å². The van der Waals surface area contributed by atoms with Crippen LogP contribution in [0.4, 0.5) is 4.39 Å². The lowest BCUT2D eigenvalue weighted by molar-refractivity contribution is 0.0629. The zero-order chi connectivity index (χ0) is 26.1. The number of fused-ring (bicyclic) bond motifs is 1. The Morgan fingerprint density at radius 2 is 1.84 bits per heavy atom. The van der Waals surface area contributed by atoms with Crippen molar-refractivity contribution in [2.75, 3.05) is 6.54 Å². The summed E-state index contributed by atoms with van der Waals surface area (Å²) >= 11 is 4.80. The van der Waals surface area contributed by atoms with Gasteiger partial charge in [-0.15, -0.1) is 11.3 Å². The third-order valence-electron chi connectivity index (χ3n) is 6.18. The maximum Gasteiger partial charge on any atom is 0.261 e. The Bertz CT molecular complexity index is 1480. The van der Waals surface area contributed by atoms with Crippen LogP contribution in [-0.4, -0.2) is 45.0 Å². The molecule has 1 atom stereocenters. The smallest absolute Gasteiger partial charge is 0.261 e. The van der Waals surface area contributed by atoms with Crippen LogP contribution in [0.2, 0.25) is 0 Å². The summed E-state index contributed by atoms with van der Waals surface area (Å²) in [5, 5.41) is 9.18. The van der Waals surface area contributed by atoms with Gasteiger partial charge in [-0.2, -0.15) is 5.10 Å². The molecular weight excluding hydrogens is 559 g/mol. The summed E-state index contributed by atoms with van der Waals surface area (Å²) in [6.45, 7) is 2.62. The summed E-state index contributed by atoms with van der Waals surface area (Å²) in [6.07, 6.45) is 1.95. The van der Waals surface area contributed by atoms with Crippen molar-refractivity contribution in [2.24, 2.45) is 0 Å². The molecule has 37 heavy (non-hydrogen) atoms. The maximum absolute atomic E-state index is 13.9. The molecular formula is C27H22BrFN4O3S. The number of nitrogens with zero attached hydrogens (tertiary/aromatic N) is 3. The summed E-state index contributed by atoms with van der Waals surface area (Å²) < 4.78 is 16.5. The molecule has 5 rings (SSSR count). The van der Waals surface area contributed by atoms with Crippen LogP contribution < -0.4 is 5.32 Å². The van der Waals surface area contributed by atoms with Crippen LogP contribution in [0, 0.1) is 5.82 Å². The highest BCUT2D eigenvalue weighted by Crippen LogP contribution is 2.32. The van der Waals surface area contributed by atoms with Gasteiger partial charge in [-0.05, 0) is 65.2 Å². The fourth-order valence-corrected chi connectivity index (χ4v) is 5.78. The molecule has 10 heteroatoms. The maximum atomic E-state index is 13.9. The van der Waals surface area contributed by atoms with Gasteiger partial charge in [0.05, 0.1) is 38.4 Å². The molecule has 0 unspecified atom stereocenters. The minimum atomic E-state index is -0.630. The lowest BCUT2D eigenvalue weighted by Crippen LogP contribution is -2.46. The van der Waals surface area contributed by atoms with E-state index >= 15 is 0 Å². The van der Waals surface area contributed by atoms with E-state index in [-0.39, 0.29) is 18.9 Å². The van der Waals surface area contributed by atoms with Gasteiger partial charge in [0.1, 0.15) is 5.82 Å². The molecule has 1 N–H and O–H groups in total. The van der Waals surface area contributed by atoms with Crippen molar-refractivity contribution in [3.8, 4) is 11.3 Å². The third kappa shape index (κ3) is 4.99. The van der Waals surface area contributed by atoms with Crippen LogP contribution in [0.25, 0.3) is 11.3 Å². The Morgan fingerprint density at radius 1 is 1.11 bits per heavy atom. The first-order valence-electron chi connectivity index (χ1n) is 11.7. The lowest BCUT2D eigenvalue weighted by Gasteiger charge is -2.24. The van der Waals surface area contributed by atoms with Gasteiger partial charge in [0, 0.05) is 24.0 Å². The fraction of sp³-hybridized carbons (Fsp3) is 0.185. The number of carbonyl (C=O) groups is 3. The van der Waals surface area contributed by atoms with Crippen molar-refractivity contribution < 1.29 is 18.8 Å². The van der Waals surface area contributed by atoms with E-state index in [9.17, 15) is 18.8 Å². The zero-order valence-corrected chi connectivity index (χ0v) is 22.2. The van der Waals surface area contributed by atoms with Gasteiger partial charge in [-0.1, -0.05) is 24.3 Å². The van der Waals surface area contributed by atoms with E-state index in [2.05, 4.69) is 26.3 Å². The second-order valence-electron chi connectivity index (χ2n) is 8.63. The summed E-state index contributed by atoms with van der Waals surface area (Å²) in [4.78, 5) is 40.8. The average molecular weight is 581 g/mol. The molecule has 188 valence electrons. The number of aryl methyl sites for hydroxylation is 1. The van der Waals surface area contributed by atoms with Crippen LogP contribution >= 0.6 is 27.3 Å². The number of nitrogens with one attached hydrogen (secondary N) is 1. The quantitative estimate of drug-likeness (QED) is 0.291. The second-order valence-corrected chi connectivity index (χ2v) is 10.4. The number of thiophene rings is 1. The molecule has 0 fully saturated rings. The first-order chi connectivity index (χ1) is 17.9. The molecule has 0 saturated heterocycles. The Kier molecular flexibility index (Phi) is 7.03. The molecule has 2 aromatic carbocycles. The van der Waals surface area contributed by atoms with Crippen molar-refractivity contribution in [2.45, 2.75) is 25.9 Å². The predicted molar refractivity (Wildman–Crippen MR) is 142 cm³/mol. The van der Waals surface area contributed by atoms with Crippen molar-refractivity contribution in [3.63, 3.8) is 0 Å². The van der Waals surface area contributed by atoms with E-state index in [0.29, 0.717) is 28.1 Å². The molecule has 4 aromatic rings. The lowest BCUT2D eigenvalue weighted by atomic mass is 10.0. The molecule has 0 radical (unpaired) electrons. The number of carbonyl (C=O) groups excluding carboxylic acids is 3. The van der Waals surface area contributed by atoms with Crippen LogP contribution in [0.15, 0.2) is 70.6 Å². The normalized spacial score (nSPS) is 13.6. The van der Waals surface area contributed by atoms with Crippen molar-refractivity contribution in [3.05, 3.63) is 98.0 Å². The predicted octanol–water partition coefficient (Wildman–Crippen LogP) is 5.17. The summed E-state index contributed by atoms with van der Waals surface area (Å²) in [5.74, 6) is -1.55. The summed E-state index contributed by atoms with van der Waals surface area (Å²) in [5.41, 5.74) is 3.04. The Balaban J connectivity index is 1.39. The number of aromatic nitrogens is 2. The molecule has 0 aliphatic carbocycles. The van der Waals surface area contributed by atoms with Gasteiger partial charge in [0.25, 0.3) is 17.7 Å². The Labute approximate surface area is 225 Å². The highest BCUT2D eigenvalue weighted by Gasteiger charge is 2.36. The van der Waals surface area contributed by atoms with Crippen LogP contribution in [0.5, 0.6) is 0 Å². The largest absolute Gasteiger partial charge is 0.346 e.